The second-order valence-electron chi connectivity index (χ2n) is 5.55. The molecule has 2 N–H and O–H groups in total. The number of rotatable bonds is 15. The molecule has 1 amide bonds. The van der Waals surface area contributed by atoms with Gasteiger partial charge in [-0.3, -0.25) is 4.79 Å². The first-order chi connectivity index (χ1) is 10.5. The SMILES string of the molecule is C=CC(=O)NCCCCCCCCCCCCS(=O)(=O)NC. The highest BCUT2D eigenvalue weighted by Gasteiger charge is 2.05. The number of carbonyl (C=O) groups excluding carboxylic acids is 1. The van der Waals surface area contributed by atoms with Crippen molar-refractivity contribution in [2.24, 2.45) is 0 Å². The Bertz CT molecular complexity index is 394. The van der Waals surface area contributed by atoms with Gasteiger partial charge in [0.1, 0.15) is 0 Å². The Labute approximate surface area is 136 Å². The van der Waals surface area contributed by atoms with Crippen molar-refractivity contribution >= 4 is 15.9 Å². The Morgan fingerprint density at radius 3 is 1.82 bits per heavy atom. The molecule has 0 saturated heterocycles. The van der Waals surface area contributed by atoms with Crippen LogP contribution in [0.5, 0.6) is 0 Å². The molecule has 5 nitrogen and oxygen atoms in total. The molecule has 0 aromatic rings. The molecule has 0 heterocycles. The van der Waals surface area contributed by atoms with Crippen molar-refractivity contribution in [1.29, 1.82) is 0 Å². The van der Waals surface area contributed by atoms with E-state index in [4.69, 9.17) is 0 Å². The topological polar surface area (TPSA) is 75.3 Å². The maximum Gasteiger partial charge on any atom is 0.243 e. The van der Waals surface area contributed by atoms with E-state index in [1.165, 1.54) is 45.2 Å². The van der Waals surface area contributed by atoms with Gasteiger partial charge in [0.15, 0.2) is 0 Å². The summed E-state index contributed by atoms with van der Waals surface area (Å²) in [4.78, 5) is 10.9. The Kier molecular flexibility index (Phi) is 13.2. The lowest BCUT2D eigenvalue weighted by molar-refractivity contribution is -0.116. The molecule has 0 radical (unpaired) electrons. The third-order valence-corrected chi connectivity index (χ3v) is 5.08. The quantitative estimate of drug-likeness (QED) is 0.358. The number of hydrogen-bond donors (Lipinski definition) is 2. The number of unbranched alkanes of at least 4 members (excludes halogenated alkanes) is 9. The van der Waals surface area contributed by atoms with Crippen molar-refractivity contribution in [1.82, 2.24) is 10.0 Å². The predicted molar refractivity (Wildman–Crippen MR) is 92.2 cm³/mol. The van der Waals surface area contributed by atoms with Gasteiger partial charge in [-0.1, -0.05) is 57.9 Å². The summed E-state index contributed by atoms with van der Waals surface area (Å²) >= 11 is 0. The van der Waals surface area contributed by atoms with Crippen LogP contribution in [0.2, 0.25) is 0 Å². The molecule has 0 aliphatic carbocycles. The van der Waals surface area contributed by atoms with Gasteiger partial charge < -0.3 is 5.32 Å². The first kappa shape index (κ1) is 21.1. The second kappa shape index (κ2) is 13.8. The van der Waals surface area contributed by atoms with Crippen LogP contribution in [0.15, 0.2) is 12.7 Å². The third kappa shape index (κ3) is 14.1. The van der Waals surface area contributed by atoms with E-state index in [-0.39, 0.29) is 11.7 Å². The summed E-state index contributed by atoms with van der Waals surface area (Å²) in [6, 6.07) is 0. The van der Waals surface area contributed by atoms with Gasteiger partial charge in [-0.15, -0.1) is 0 Å². The standard InChI is InChI=1S/C16H32N2O3S/c1-3-16(19)18-14-12-10-8-6-4-5-7-9-11-13-15-22(20,21)17-2/h3,17H,1,4-15H2,2H3,(H,18,19). The fourth-order valence-corrected chi connectivity index (χ4v) is 3.01. The highest BCUT2D eigenvalue weighted by Crippen LogP contribution is 2.10. The van der Waals surface area contributed by atoms with Crippen molar-refractivity contribution < 1.29 is 13.2 Å². The maximum absolute atomic E-state index is 11.2. The van der Waals surface area contributed by atoms with Crippen LogP contribution in [0.4, 0.5) is 0 Å². The van der Waals surface area contributed by atoms with E-state index in [2.05, 4.69) is 16.6 Å². The summed E-state index contributed by atoms with van der Waals surface area (Å²) in [5.41, 5.74) is 0. The van der Waals surface area contributed by atoms with E-state index in [1.54, 1.807) is 0 Å². The lowest BCUT2D eigenvalue weighted by Crippen LogP contribution is -2.21. The summed E-state index contributed by atoms with van der Waals surface area (Å²) in [5.74, 6) is 0.147. The molecule has 130 valence electrons. The maximum atomic E-state index is 11.2. The van der Waals surface area contributed by atoms with E-state index in [1.807, 2.05) is 0 Å². The monoisotopic (exact) mass is 332 g/mol. The molecule has 0 fully saturated rings. The summed E-state index contributed by atoms with van der Waals surface area (Å²) in [6.07, 6.45) is 12.5. The minimum atomic E-state index is -3.02. The number of sulfonamides is 1. The zero-order valence-electron chi connectivity index (χ0n) is 13.9. The van der Waals surface area contributed by atoms with Gasteiger partial charge >= 0.3 is 0 Å². The minimum Gasteiger partial charge on any atom is -0.353 e. The molecule has 0 bridgehead atoms. The first-order valence-corrected chi connectivity index (χ1v) is 9.98. The molecule has 0 aromatic heterocycles. The van der Waals surface area contributed by atoms with Crippen molar-refractivity contribution in [2.75, 3.05) is 19.3 Å². The molecule has 0 aliphatic rings. The van der Waals surface area contributed by atoms with Gasteiger partial charge in [0.25, 0.3) is 0 Å². The highest BCUT2D eigenvalue weighted by atomic mass is 32.2. The Hall–Kier alpha value is -0.880. The predicted octanol–water partition coefficient (Wildman–Crippen LogP) is 2.74. The van der Waals surface area contributed by atoms with E-state index < -0.39 is 10.0 Å². The van der Waals surface area contributed by atoms with Gasteiger partial charge in [0, 0.05) is 6.54 Å². The lowest BCUT2D eigenvalue weighted by atomic mass is 10.1. The average Bonchev–Trinajstić information content (AvgIpc) is 2.51. The summed E-state index contributed by atoms with van der Waals surface area (Å²) in [5, 5.41) is 2.77. The van der Waals surface area contributed by atoms with Crippen LogP contribution in [-0.2, 0) is 14.8 Å². The van der Waals surface area contributed by atoms with Crippen LogP contribution in [0.1, 0.15) is 64.2 Å². The molecule has 0 aromatic carbocycles. The van der Waals surface area contributed by atoms with E-state index in [0.717, 1.165) is 38.6 Å². The van der Waals surface area contributed by atoms with Crippen molar-refractivity contribution in [3.8, 4) is 0 Å². The van der Waals surface area contributed by atoms with E-state index in [9.17, 15) is 13.2 Å². The number of amides is 1. The van der Waals surface area contributed by atoms with E-state index in [0.29, 0.717) is 0 Å². The first-order valence-electron chi connectivity index (χ1n) is 8.33. The molecule has 6 heteroatoms. The minimum absolute atomic E-state index is 0.0949. The molecule has 0 spiro atoms. The molecular weight excluding hydrogens is 300 g/mol. The highest BCUT2D eigenvalue weighted by molar-refractivity contribution is 7.89. The van der Waals surface area contributed by atoms with Crippen molar-refractivity contribution in [3.63, 3.8) is 0 Å². The van der Waals surface area contributed by atoms with Crippen LogP contribution in [0.3, 0.4) is 0 Å². The zero-order chi connectivity index (χ0) is 16.7. The zero-order valence-corrected chi connectivity index (χ0v) is 14.7. The smallest absolute Gasteiger partial charge is 0.243 e. The molecule has 0 saturated carbocycles. The molecule has 0 aliphatic heterocycles. The van der Waals surface area contributed by atoms with Crippen molar-refractivity contribution in [2.45, 2.75) is 64.2 Å². The molecule has 0 atom stereocenters. The fourth-order valence-electron chi connectivity index (χ4n) is 2.22. The Morgan fingerprint density at radius 1 is 0.909 bits per heavy atom. The Morgan fingerprint density at radius 2 is 1.36 bits per heavy atom. The summed E-state index contributed by atoms with van der Waals surface area (Å²) in [7, 11) is -1.56. The normalized spacial score (nSPS) is 11.3. The number of carbonyl (C=O) groups is 1. The van der Waals surface area contributed by atoms with Crippen LogP contribution >= 0.6 is 0 Å². The van der Waals surface area contributed by atoms with Crippen LogP contribution < -0.4 is 10.0 Å². The van der Waals surface area contributed by atoms with E-state index >= 15 is 0 Å². The van der Waals surface area contributed by atoms with Crippen LogP contribution in [-0.4, -0.2) is 33.7 Å². The number of nitrogens with one attached hydrogen (secondary N) is 2. The largest absolute Gasteiger partial charge is 0.353 e. The van der Waals surface area contributed by atoms with Gasteiger partial charge in [0.2, 0.25) is 15.9 Å². The van der Waals surface area contributed by atoms with Gasteiger partial charge in [-0.05, 0) is 26.0 Å². The molecule has 22 heavy (non-hydrogen) atoms. The third-order valence-electron chi connectivity index (χ3n) is 3.64. The molecular formula is C16H32N2O3S. The summed E-state index contributed by atoms with van der Waals surface area (Å²) < 4.78 is 24.7. The van der Waals surface area contributed by atoms with Gasteiger partial charge in [-0.25, -0.2) is 13.1 Å². The van der Waals surface area contributed by atoms with Gasteiger partial charge in [0.05, 0.1) is 5.75 Å². The Balaban J connectivity index is 3.18. The molecule has 0 rings (SSSR count). The molecule has 0 unspecified atom stereocenters. The number of hydrogen-bond acceptors (Lipinski definition) is 3. The van der Waals surface area contributed by atoms with Crippen LogP contribution in [0, 0.1) is 0 Å². The second-order valence-corrected chi connectivity index (χ2v) is 7.60. The van der Waals surface area contributed by atoms with Gasteiger partial charge in [-0.2, -0.15) is 0 Å². The van der Waals surface area contributed by atoms with Crippen molar-refractivity contribution in [3.05, 3.63) is 12.7 Å². The van der Waals surface area contributed by atoms with Crippen LogP contribution in [0.25, 0.3) is 0 Å². The summed E-state index contributed by atoms with van der Waals surface area (Å²) in [6.45, 7) is 4.14. The fraction of sp³-hybridized carbons (Fsp3) is 0.812. The average molecular weight is 333 g/mol. The lowest BCUT2D eigenvalue weighted by Gasteiger charge is -2.04.